The average molecular weight is 455 g/mol. The van der Waals surface area contributed by atoms with E-state index >= 15 is 0 Å². The molecule has 0 saturated heterocycles. The quantitative estimate of drug-likeness (QED) is 0.455. The predicted molar refractivity (Wildman–Crippen MR) is 132 cm³/mol. The standard InChI is InChI=1S/C31H34O3/c1-3-15-31(34)16-14-27-25-12-10-22-17-23(32)11-13-24(22)28(25)26(18-30(27,31)2)19-4-6-20(7-5-19)29(33)21-8-9-21/h4-7,17,21,25-27,34H,8-14,16,18H2,1-2H3. The maximum atomic E-state index is 12.6. The highest BCUT2D eigenvalue weighted by molar-refractivity contribution is 5.99. The Bertz CT molecular complexity index is 1190. The first-order valence-electron chi connectivity index (χ1n) is 13.1. The van der Waals surface area contributed by atoms with Gasteiger partial charge >= 0.3 is 0 Å². The Hall–Kier alpha value is -2.44. The third-order valence-corrected chi connectivity index (χ3v) is 9.76. The lowest BCUT2D eigenvalue weighted by atomic mass is 9.51. The number of carbonyl (C=O) groups is 2. The summed E-state index contributed by atoms with van der Waals surface area (Å²) >= 11 is 0. The highest BCUT2D eigenvalue weighted by atomic mass is 16.3. The van der Waals surface area contributed by atoms with Crippen LogP contribution in [0.25, 0.3) is 0 Å². The molecule has 0 amide bonds. The van der Waals surface area contributed by atoms with E-state index in [1.165, 1.54) is 22.3 Å². The van der Waals surface area contributed by atoms with E-state index in [9.17, 15) is 14.7 Å². The van der Waals surface area contributed by atoms with Gasteiger partial charge in [0.25, 0.3) is 0 Å². The van der Waals surface area contributed by atoms with Crippen molar-refractivity contribution in [3.05, 3.63) is 58.2 Å². The van der Waals surface area contributed by atoms with Crippen molar-refractivity contribution in [1.82, 2.24) is 0 Å². The molecule has 0 bridgehead atoms. The van der Waals surface area contributed by atoms with Crippen LogP contribution in [0, 0.1) is 35.0 Å². The summed E-state index contributed by atoms with van der Waals surface area (Å²) in [5.74, 6) is 8.02. The van der Waals surface area contributed by atoms with Gasteiger partial charge in [0.15, 0.2) is 11.6 Å². The monoisotopic (exact) mass is 454 g/mol. The fraction of sp³-hybridized carbons (Fsp3) is 0.548. The summed E-state index contributed by atoms with van der Waals surface area (Å²) in [5, 5.41) is 11.8. The van der Waals surface area contributed by atoms with Gasteiger partial charge in [0.2, 0.25) is 0 Å². The Balaban J connectivity index is 1.47. The predicted octanol–water partition coefficient (Wildman–Crippen LogP) is 5.93. The van der Waals surface area contributed by atoms with Crippen LogP contribution in [-0.4, -0.2) is 22.3 Å². The first-order chi connectivity index (χ1) is 16.3. The van der Waals surface area contributed by atoms with E-state index in [-0.39, 0.29) is 28.8 Å². The number of ketones is 2. The van der Waals surface area contributed by atoms with Crippen LogP contribution in [0.5, 0.6) is 0 Å². The van der Waals surface area contributed by atoms with Gasteiger partial charge in [-0.15, -0.1) is 5.92 Å². The molecule has 6 rings (SSSR count). The smallest absolute Gasteiger partial charge is 0.165 e. The zero-order chi connectivity index (χ0) is 23.7. The van der Waals surface area contributed by atoms with Crippen LogP contribution < -0.4 is 0 Å². The molecule has 5 aliphatic carbocycles. The van der Waals surface area contributed by atoms with Gasteiger partial charge in [-0.25, -0.2) is 0 Å². The number of hydrogen-bond donors (Lipinski definition) is 1. The molecule has 3 fully saturated rings. The largest absolute Gasteiger partial charge is 0.377 e. The van der Waals surface area contributed by atoms with Crippen molar-refractivity contribution < 1.29 is 14.7 Å². The Labute approximate surface area is 202 Å². The molecule has 3 nitrogen and oxygen atoms in total. The van der Waals surface area contributed by atoms with Gasteiger partial charge in [0.05, 0.1) is 0 Å². The Morgan fingerprint density at radius 2 is 1.82 bits per heavy atom. The fourth-order valence-electron chi connectivity index (χ4n) is 7.84. The molecule has 1 aromatic rings. The van der Waals surface area contributed by atoms with Gasteiger partial charge in [-0.05, 0) is 92.9 Å². The molecular weight excluding hydrogens is 420 g/mol. The fourth-order valence-corrected chi connectivity index (χ4v) is 7.84. The normalized spacial score (nSPS) is 36.6. The first-order valence-corrected chi connectivity index (χ1v) is 13.1. The number of allylic oxidation sites excluding steroid dienone is 4. The van der Waals surface area contributed by atoms with Crippen LogP contribution in [0.15, 0.2) is 47.1 Å². The summed E-state index contributed by atoms with van der Waals surface area (Å²) in [7, 11) is 0. The molecule has 5 aliphatic rings. The number of rotatable bonds is 3. The molecule has 0 aliphatic heterocycles. The van der Waals surface area contributed by atoms with E-state index < -0.39 is 5.60 Å². The number of benzene rings is 1. The van der Waals surface area contributed by atoms with E-state index in [4.69, 9.17) is 0 Å². The molecular formula is C31H34O3. The van der Waals surface area contributed by atoms with Crippen LogP contribution in [0.3, 0.4) is 0 Å². The van der Waals surface area contributed by atoms with Crippen molar-refractivity contribution in [2.45, 2.75) is 83.2 Å². The van der Waals surface area contributed by atoms with Gasteiger partial charge in [0, 0.05) is 29.2 Å². The van der Waals surface area contributed by atoms with Gasteiger partial charge in [0.1, 0.15) is 5.60 Å². The summed E-state index contributed by atoms with van der Waals surface area (Å²) in [4.78, 5) is 24.8. The van der Waals surface area contributed by atoms with E-state index in [2.05, 4.69) is 30.9 Å². The molecule has 5 atom stereocenters. The molecule has 0 radical (unpaired) electrons. The third kappa shape index (κ3) is 3.22. The number of hydrogen-bond acceptors (Lipinski definition) is 3. The zero-order valence-electron chi connectivity index (χ0n) is 20.3. The third-order valence-electron chi connectivity index (χ3n) is 9.76. The van der Waals surface area contributed by atoms with Crippen LogP contribution in [0.1, 0.15) is 93.5 Å². The molecule has 1 aromatic carbocycles. The van der Waals surface area contributed by atoms with Crippen molar-refractivity contribution in [2.24, 2.45) is 23.2 Å². The lowest BCUT2D eigenvalue weighted by Gasteiger charge is -2.53. The first kappa shape index (κ1) is 22.1. The van der Waals surface area contributed by atoms with Crippen LogP contribution >= 0.6 is 0 Å². The molecule has 5 unspecified atom stereocenters. The summed E-state index contributed by atoms with van der Waals surface area (Å²) in [6, 6.07) is 8.34. The number of carbonyl (C=O) groups excluding carboxylic acids is 2. The van der Waals surface area contributed by atoms with Gasteiger partial charge in [-0.3, -0.25) is 9.59 Å². The number of aliphatic hydroxyl groups is 1. The zero-order valence-corrected chi connectivity index (χ0v) is 20.3. The molecule has 1 N–H and O–H groups in total. The topological polar surface area (TPSA) is 54.4 Å². The van der Waals surface area contributed by atoms with Crippen LogP contribution in [0.4, 0.5) is 0 Å². The molecule has 0 spiro atoms. The molecule has 3 heteroatoms. The van der Waals surface area contributed by atoms with Crippen molar-refractivity contribution in [2.75, 3.05) is 0 Å². The molecule has 0 aromatic heterocycles. The van der Waals surface area contributed by atoms with Gasteiger partial charge in [-0.2, -0.15) is 0 Å². The van der Waals surface area contributed by atoms with E-state index in [1.54, 1.807) is 0 Å². The second kappa shape index (κ2) is 7.79. The SMILES string of the molecule is CC#CC1(O)CCC2C3CCC4=CC(=O)CCC4=C3C(c3ccc(C(=O)C4CC4)cc3)CC21C. The lowest BCUT2D eigenvalue weighted by Crippen LogP contribution is -2.51. The molecule has 0 heterocycles. The Morgan fingerprint density at radius 3 is 2.53 bits per heavy atom. The highest BCUT2D eigenvalue weighted by Crippen LogP contribution is 2.66. The van der Waals surface area contributed by atoms with E-state index in [1.807, 2.05) is 25.1 Å². The Morgan fingerprint density at radius 1 is 1.06 bits per heavy atom. The Kier molecular flexibility index (Phi) is 5.05. The summed E-state index contributed by atoms with van der Waals surface area (Å²) in [6.07, 6.45) is 9.98. The van der Waals surface area contributed by atoms with Crippen molar-refractivity contribution >= 4 is 11.6 Å². The van der Waals surface area contributed by atoms with Crippen molar-refractivity contribution in [3.8, 4) is 11.8 Å². The van der Waals surface area contributed by atoms with E-state index in [0.717, 1.165) is 56.9 Å². The van der Waals surface area contributed by atoms with Crippen molar-refractivity contribution in [3.63, 3.8) is 0 Å². The second-order valence-corrected chi connectivity index (χ2v) is 11.5. The van der Waals surface area contributed by atoms with Gasteiger partial charge < -0.3 is 5.11 Å². The molecule has 34 heavy (non-hydrogen) atoms. The van der Waals surface area contributed by atoms with Crippen LogP contribution in [0.2, 0.25) is 0 Å². The molecule has 176 valence electrons. The van der Waals surface area contributed by atoms with E-state index in [0.29, 0.717) is 18.3 Å². The second-order valence-electron chi connectivity index (χ2n) is 11.5. The minimum absolute atomic E-state index is 0.187. The number of fused-ring (bicyclic) bond motifs is 4. The van der Waals surface area contributed by atoms with Gasteiger partial charge in [-0.1, -0.05) is 42.7 Å². The lowest BCUT2D eigenvalue weighted by molar-refractivity contribution is -0.114. The maximum Gasteiger partial charge on any atom is 0.165 e. The average Bonchev–Trinajstić information content (AvgIpc) is 3.64. The summed E-state index contributed by atoms with van der Waals surface area (Å²) in [6.45, 7) is 4.10. The highest BCUT2D eigenvalue weighted by Gasteiger charge is 2.62. The maximum absolute atomic E-state index is 12.6. The van der Waals surface area contributed by atoms with Crippen molar-refractivity contribution in [1.29, 1.82) is 0 Å². The summed E-state index contributed by atoms with van der Waals surface area (Å²) < 4.78 is 0. The van der Waals surface area contributed by atoms with Crippen LogP contribution in [-0.2, 0) is 4.79 Å². The summed E-state index contributed by atoms with van der Waals surface area (Å²) in [5.41, 5.74) is 5.00. The minimum atomic E-state index is -0.957. The molecule has 3 saturated carbocycles. The minimum Gasteiger partial charge on any atom is -0.377 e. The number of Topliss-reactive ketones (excluding diaryl/α,β-unsaturated/α-hetero) is 1.